The van der Waals surface area contributed by atoms with Crippen molar-refractivity contribution in [3.05, 3.63) is 139 Å². The Morgan fingerprint density at radius 2 is 0.939 bits per heavy atom. The van der Waals surface area contributed by atoms with Crippen molar-refractivity contribution in [2.75, 3.05) is 14.1 Å². The van der Waals surface area contributed by atoms with E-state index in [9.17, 15) is 0 Å². The van der Waals surface area contributed by atoms with E-state index in [-0.39, 0.29) is 0 Å². The van der Waals surface area contributed by atoms with Crippen LogP contribution >= 0.6 is 17.5 Å². The molecule has 0 aromatic heterocycles. The van der Waals surface area contributed by atoms with E-state index in [4.69, 9.17) is 0 Å². The number of rotatable bonds is 6. The van der Waals surface area contributed by atoms with Crippen LogP contribution in [0.4, 0.5) is 0 Å². The molecular formula is C28H28ClN2PPd. The Kier molecular flexibility index (Phi) is 12.7. The van der Waals surface area contributed by atoms with Gasteiger partial charge in [-0.2, -0.15) is 0 Å². The molecule has 0 radical (unpaired) electrons. The minimum absolute atomic E-state index is 0.446. The minimum atomic E-state index is -0.446. The van der Waals surface area contributed by atoms with Gasteiger partial charge in [0.05, 0.1) is 0 Å². The number of hydrogen-bond donors (Lipinski definition) is 0. The van der Waals surface area contributed by atoms with Crippen LogP contribution in [0.25, 0.3) is 11.1 Å². The zero-order chi connectivity index (χ0) is 23.9. The Morgan fingerprint density at radius 3 is 1.24 bits per heavy atom. The summed E-state index contributed by atoms with van der Waals surface area (Å²) in [7, 11) is 7.81. The summed E-state index contributed by atoms with van der Waals surface area (Å²) < 4.78 is 0. The minimum Gasteiger partial charge on any atom is -0.0622 e. The molecule has 0 spiro atoms. The molecule has 0 saturated heterocycles. The van der Waals surface area contributed by atoms with Gasteiger partial charge in [0.2, 0.25) is 0 Å². The summed E-state index contributed by atoms with van der Waals surface area (Å²) in [4.78, 5) is 0. The van der Waals surface area contributed by atoms with Crippen molar-refractivity contribution < 1.29 is 18.2 Å². The standard InChI is InChI=1S/C18H15P.C10H13N2.ClH.Pd/c1-4-10-16(11-5-1)19(17-12-6-2-7-13-17)18-14-8-3-9-15-18;1-9(11-12(2)3)10-7-5-4-6-8-10;;/h1-15H;4-8H,1H2,2-3H3;1H;/q;-1;;+2/p-1. The van der Waals surface area contributed by atoms with Gasteiger partial charge in [0, 0.05) is 0 Å². The largest absolute Gasteiger partial charge is 0.0622 e. The maximum atomic E-state index is 4.49. The first-order valence-corrected chi connectivity index (χ1v) is 13.7. The summed E-state index contributed by atoms with van der Waals surface area (Å²) in [6.45, 7) is 3.86. The summed E-state index contributed by atoms with van der Waals surface area (Å²) in [5.74, 6) is 0. The van der Waals surface area contributed by atoms with Crippen molar-refractivity contribution in [1.29, 1.82) is 0 Å². The number of benzene rings is 4. The molecule has 0 saturated carbocycles. The first-order valence-electron chi connectivity index (χ1n) is 10.4. The van der Waals surface area contributed by atoms with Gasteiger partial charge in [0.15, 0.2) is 0 Å². The van der Waals surface area contributed by atoms with Gasteiger partial charge in [0.1, 0.15) is 0 Å². The van der Waals surface area contributed by atoms with Crippen LogP contribution in [-0.4, -0.2) is 19.1 Å². The molecule has 0 unspecified atom stereocenters. The second kappa shape index (κ2) is 15.6. The molecule has 172 valence electrons. The third kappa shape index (κ3) is 9.26. The van der Waals surface area contributed by atoms with E-state index >= 15 is 0 Å². The van der Waals surface area contributed by atoms with Crippen molar-refractivity contribution in [1.82, 2.24) is 5.01 Å². The van der Waals surface area contributed by atoms with Gasteiger partial charge in [-0.25, -0.2) is 0 Å². The maximum absolute atomic E-state index is 4.49. The summed E-state index contributed by atoms with van der Waals surface area (Å²) >= 11 is 2.22. The molecule has 4 aromatic carbocycles. The summed E-state index contributed by atoms with van der Waals surface area (Å²) in [6, 6.07) is 42.3. The fraction of sp³-hybridized carbons (Fsp3) is 0.0714. The first-order chi connectivity index (χ1) is 16.1. The van der Waals surface area contributed by atoms with Crippen LogP contribution in [0.5, 0.6) is 0 Å². The molecule has 0 N–H and O–H groups in total. The van der Waals surface area contributed by atoms with E-state index in [0.29, 0.717) is 0 Å². The van der Waals surface area contributed by atoms with E-state index in [0.717, 1.165) is 11.3 Å². The van der Waals surface area contributed by atoms with Crippen LogP contribution < -0.4 is 15.9 Å². The molecule has 2 nitrogen and oxygen atoms in total. The van der Waals surface area contributed by atoms with Crippen LogP contribution in [-0.2, 0) is 18.2 Å². The van der Waals surface area contributed by atoms with Gasteiger partial charge in [-0.3, -0.25) is 0 Å². The molecule has 5 heteroatoms. The van der Waals surface area contributed by atoms with E-state index in [1.807, 2.05) is 44.4 Å². The average molecular weight is 565 g/mol. The van der Waals surface area contributed by atoms with E-state index in [2.05, 4.69) is 131 Å². The second-order valence-corrected chi connectivity index (χ2v) is 9.32. The fourth-order valence-electron chi connectivity index (χ4n) is 3.11. The zero-order valence-electron chi connectivity index (χ0n) is 18.8. The Morgan fingerprint density at radius 1 is 0.636 bits per heavy atom. The van der Waals surface area contributed by atoms with Crippen LogP contribution in [0, 0.1) is 0 Å². The topological polar surface area (TPSA) is 17.3 Å². The van der Waals surface area contributed by atoms with Gasteiger partial charge in [-0.05, 0) is 43.5 Å². The zero-order valence-corrected chi connectivity index (χ0v) is 22.0. The summed E-state index contributed by atoms with van der Waals surface area (Å²) in [5, 5.41) is 5.94. The van der Waals surface area contributed by atoms with Crippen LogP contribution in [0.15, 0.2) is 128 Å². The predicted molar refractivity (Wildman–Crippen MR) is 144 cm³/mol. The van der Waals surface area contributed by atoms with E-state index in [1.165, 1.54) is 15.9 Å². The van der Waals surface area contributed by atoms with E-state index < -0.39 is 7.92 Å². The normalized spacial score (nSPS) is 9.91. The van der Waals surface area contributed by atoms with Crippen molar-refractivity contribution in [3.8, 4) is 0 Å². The Balaban J connectivity index is 0.000000238. The van der Waals surface area contributed by atoms with Gasteiger partial charge >= 0.3 is 27.7 Å². The molecular weight excluding hydrogens is 537 g/mol. The fourth-order valence-corrected chi connectivity index (χ4v) is 5.41. The van der Waals surface area contributed by atoms with Crippen molar-refractivity contribution >= 4 is 39.1 Å². The van der Waals surface area contributed by atoms with E-state index in [1.54, 1.807) is 5.01 Å². The number of nitrogens with zero attached hydrogens (tertiary/aromatic N) is 2. The molecule has 4 aromatic rings. The Bertz CT molecular complexity index is 952. The number of halogens is 1. The van der Waals surface area contributed by atoms with Gasteiger partial charge in [-0.15, -0.1) is 12.3 Å². The van der Waals surface area contributed by atoms with Crippen LogP contribution in [0.1, 0.15) is 5.56 Å². The number of hydrogen-bond acceptors (Lipinski definition) is 1. The maximum Gasteiger partial charge on any atom is -0.0134 e. The Labute approximate surface area is 214 Å². The quantitative estimate of drug-likeness (QED) is 0.146. The molecule has 0 aliphatic carbocycles. The third-order valence-electron chi connectivity index (χ3n) is 4.47. The van der Waals surface area contributed by atoms with Gasteiger partial charge in [0.25, 0.3) is 0 Å². The van der Waals surface area contributed by atoms with Crippen LogP contribution in [0.2, 0.25) is 0 Å². The van der Waals surface area contributed by atoms with Gasteiger partial charge < -0.3 is 10.4 Å². The monoisotopic (exact) mass is 564 g/mol. The van der Waals surface area contributed by atoms with Crippen LogP contribution in [0.3, 0.4) is 0 Å². The molecule has 4 rings (SSSR count). The van der Waals surface area contributed by atoms with Crippen molar-refractivity contribution in [3.63, 3.8) is 0 Å². The molecule has 0 bridgehead atoms. The van der Waals surface area contributed by atoms with Crippen molar-refractivity contribution in [2.45, 2.75) is 0 Å². The average Bonchev–Trinajstić information content (AvgIpc) is 2.88. The Hall–Kier alpha value is -2.24. The molecule has 0 atom stereocenters. The molecule has 0 amide bonds. The molecule has 0 aliphatic heterocycles. The van der Waals surface area contributed by atoms with Crippen molar-refractivity contribution in [2.24, 2.45) is 0 Å². The molecule has 0 heterocycles. The summed E-state index contributed by atoms with van der Waals surface area (Å²) in [5.41, 5.74) is 6.04. The second-order valence-electron chi connectivity index (χ2n) is 7.10. The predicted octanol–water partition coefficient (Wildman–Crippen LogP) is 6.64. The first kappa shape index (κ1) is 27.0. The summed E-state index contributed by atoms with van der Waals surface area (Å²) in [6.07, 6.45) is 0. The molecule has 33 heavy (non-hydrogen) atoms. The smallest absolute Gasteiger partial charge is 0.0134 e. The molecule has 0 aliphatic rings. The SMILES string of the molecule is C=C([N-]N(C)C)c1ccccc1.[Cl][Pd+].c1ccc(P(c2ccccc2)c2ccccc2)cc1. The van der Waals surface area contributed by atoms with Gasteiger partial charge in [-0.1, -0.05) is 121 Å². The molecule has 0 fully saturated rings. The third-order valence-corrected chi connectivity index (χ3v) is 6.91.